The summed E-state index contributed by atoms with van der Waals surface area (Å²) >= 11 is 20.5. The first-order valence-electron chi connectivity index (χ1n) is 2.02. The van der Waals surface area contributed by atoms with E-state index in [2.05, 4.69) is 4.99 Å². The highest BCUT2D eigenvalue weighted by atomic mass is 35.9. The van der Waals surface area contributed by atoms with Gasteiger partial charge in [-0.1, -0.05) is 23.2 Å². The van der Waals surface area contributed by atoms with Crippen LogP contribution in [-0.2, 0) is 9.36 Å². The minimum absolute atomic E-state index is 0.512. The normalized spacial score (nSPS) is 10.2. The van der Waals surface area contributed by atoms with Crippen molar-refractivity contribution in [2.75, 3.05) is 0 Å². The number of isocyanates is 1. The summed E-state index contributed by atoms with van der Waals surface area (Å²) in [4.78, 5) is 12.6. The fourth-order valence-corrected chi connectivity index (χ4v) is 2.65. The molecule has 0 aliphatic carbocycles. The van der Waals surface area contributed by atoms with Crippen LogP contribution in [0.5, 0.6) is 0 Å². The zero-order chi connectivity index (χ0) is 9.07. The molecule has 0 fully saturated rings. The summed E-state index contributed by atoms with van der Waals surface area (Å²) in [6.07, 6.45) is 1.06. The van der Waals surface area contributed by atoms with Crippen LogP contribution >= 0.6 is 51.5 Å². The second-order valence-electron chi connectivity index (χ2n) is 1.25. The van der Waals surface area contributed by atoms with Crippen LogP contribution < -0.4 is 0 Å². The van der Waals surface area contributed by atoms with Crippen LogP contribution in [0.25, 0.3) is 0 Å². The van der Waals surface area contributed by atoms with Gasteiger partial charge in [0.1, 0.15) is 4.49 Å². The average Bonchev–Trinajstić information content (AvgIpc) is 1.79. The van der Waals surface area contributed by atoms with Crippen LogP contribution in [0.15, 0.2) is 14.9 Å². The highest BCUT2D eigenvalue weighted by molar-refractivity contribution is 8.11. The Morgan fingerprint density at radius 2 is 1.82 bits per heavy atom. The Hall–Kier alpha value is 0.510. The number of aliphatic imine (C=N–C) groups is 1. The number of hydrogen-bond acceptors (Lipinski definition) is 3. The van der Waals surface area contributed by atoms with Gasteiger partial charge in [-0.15, -0.1) is 0 Å². The van der Waals surface area contributed by atoms with Gasteiger partial charge in [0.2, 0.25) is 6.08 Å². The predicted molar refractivity (Wildman–Crippen MR) is 46.2 cm³/mol. The zero-order valence-electron chi connectivity index (χ0n) is 4.72. The highest BCUT2D eigenvalue weighted by Gasteiger charge is 2.24. The molecule has 0 unspecified atom stereocenters. The molecule has 0 aliphatic rings. The molecule has 11 heavy (non-hydrogen) atoms. The van der Waals surface area contributed by atoms with Crippen LogP contribution in [0.2, 0.25) is 0 Å². The lowest BCUT2D eigenvalue weighted by Crippen LogP contribution is -1.71. The maximum absolute atomic E-state index is 10.8. The molecule has 0 saturated heterocycles. The van der Waals surface area contributed by atoms with Crippen molar-refractivity contribution in [2.24, 2.45) is 4.99 Å². The van der Waals surface area contributed by atoms with Gasteiger partial charge in [-0.25, -0.2) is 4.79 Å². The molecule has 0 heterocycles. The molecule has 62 valence electrons. The van der Waals surface area contributed by atoms with Crippen LogP contribution in [0.4, 0.5) is 0 Å². The molecule has 0 saturated carbocycles. The molecule has 0 radical (unpaired) electrons. The average molecular weight is 255 g/mol. The fourth-order valence-electron chi connectivity index (χ4n) is 0.242. The van der Waals surface area contributed by atoms with Crippen molar-refractivity contribution in [2.45, 2.75) is 0 Å². The Morgan fingerprint density at radius 1 is 1.36 bits per heavy atom. The Balaban J connectivity index is 5.12. The van der Waals surface area contributed by atoms with E-state index in [1.165, 1.54) is 0 Å². The third-order valence-electron chi connectivity index (χ3n) is 0.567. The molecule has 0 N–H and O–H groups in total. The summed E-state index contributed by atoms with van der Waals surface area (Å²) in [6, 6.07) is 0. The zero-order valence-corrected chi connectivity index (χ0v) is 8.64. The van der Waals surface area contributed by atoms with Gasteiger partial charge in [-0.3, -0.25) is 4.57 Å². The van der Waals surface area contributed by atoms with Gasteiger partial charge in [0.05, 0.1) is 0 Å². The van der Waals surface area contributed by atoms with Crippen LogP contribution in [0, 0.1) is 0 Å². The Morgan fingerprint density at radius 3 is 1.91 bits per heavy atom. The van der Waals surface area contributed by atoms with Crippen molar-refractivity contribution < 1.29 is 9.36 Å². The summed E-state index contributed by atoms with van der Waals surface area (Å²) in [7, 11) is 0. The predicted octanol–water partition coefficient (Wildman–Crippen LogP) is 3.60. The summed E-state index contributed by atoms with van der Waals surface area (Å²) in [6.45, 7) is 0. The van der Waals surface area contributed by atoms with E-state index in [9.17, 15) is 9.36 Å². The van der Waals surface area contributed by atoms with Crippen molar-refractivity contribution in [3.05, 3.63) is 9.93 Å². The Labute approximate surface area is 81.9 Å². The third-order valence-corrected chi connectivity index (χ3v) is 2.97. The molecule has 0 aromatic carbocycles. The van der Waals surface area contributed by atoms with Gasteiger partial charge in [0.25, 0.3) is 0 Å². The minimum Gasteiger partial charge on any atom is -0.282 e. The molecular formula is C3Cl4NO2P. The SMILES string of the molecule is O=C=NC(=C(Cl)Cl)P(=O)(Cl)Cl. The third kappa shape index (κ3) is 4.17. The molecule has 0 amide bonds. The molecule has 0 spiro atoms. The molecule has 0 rings (SSSR count). The molecule has 0 bridgehead atoms. The highest BCUT2D eigenvalue weighted by Crippen LogP contribution is 2.65. The van der Waals surface area contributed by atoms with Crippen molar-refractivity contribution >= 4 is 57.6 Å². The van der Waals surface area contributed by atoms with Gasteiger partial charge >= 0.3 is 5.85 Å². The van der Waals surface area contributed by atoms with Crippen molar-refractivity contribution in [3.63, 3.8) is 0 Å². The first-order valence-corrected chi connectivity index (χ1v) is 6.30. The molecular weight excluding hydrogens is 255 g/mol. The lowest BCUT2D eigenvalue weighted by Gasteiger charge is -1.98. The Kier molecular flexibility index (Phi) is 4.72. The first kappa shape index (κ1) is 11.5. The van der Waals surface area contributed by atoms with Crippen LogP contribution in [0.3, 0.4) is 0 Å². The smallest absolute Gasteiger partial charge is 0.282 e. The first-order chi connectivity index (χ1) is 4.89. The van der Waals surface area contributed by atoms with E-state index in [0.717, 1.165) is 6.08 Å². The number of halogens is 4. The van der Waals surface area contributed by atoms with E-state index in [1.54, 1.807) is 0 Å². The van der Waals surface area contributed by atoms with E-state index in [-0.39, 0.29) is 0 Å². The van der Waals surface area contributed by atoms with Crippen molar-refractivity contribution in [1.82, 2.24) is 0 Å². The van der Waals surface area contributed by atoms with Crippen LogP contribution in [0.1, 0.15) is 0 Å². The topological polar surface area (TPSA) is 46.5 Å². The molecule has 0 atom stereocenters. The lowest BCUT2D eigenvalue weighted by atomic mass is 11.0. The lowest BCUT2D eigenvalue weighted by molar-refractivity contribution is 0.564. The maximum atomic E-state index is 10.8. The monoisotopic (exact) mass is 253 g/mol. The standard InChI is InChI=1S/C3Cl4NO2P/c4-2(5)3(8-1-9)11(6,7)10. The summed E-state index contributed by atoms with van der Waals surface area (Å²) in [5, 5.41) is 0. The molecule has 3 nitrogen and oxygen atoms in total. The number of carbonyl (C=O) groups excluding carboxylic acids is 1. The molecule has 0 aliphatic heterocycles. The van der Waals surface area contributed by atoms with Gasteiger partial charge in [-0.2, -0.15) is 4.99 Å². The van der Waals surface area contributed by atoms with Crippen molar-refractivity contribution in [3.8, 4) is 0 Å². The number of rotatable bonds is 2. The quantitative estimate of drug-likeness (QED) is 0.429. The molecule has 0 aromatic heterocycles. The summed E-state index contributed by atoms with van der Waals surface area (Å²) in [5.74, 6) is -3.72. The van der Waals surface area contributed by atoms with Gasteiger partial charge < -0.3 is 0 Å². The van der Waals surface area contributed by atoms with E-state index in [1.807, 2.05) is 0 Å². The fraction of sp³-hybridized carbons (Fsp3) is 0. The van der Waals surface area contributed by atoms with Crippen LogP contribution in [-0.4, -0.2) is 6.08 Å². The van der Waals surface area contributed by atoms with Gasteiger partial charge in [0.15, 0.2) is 5.44 Å². The summed E-state index contributed by atoms with van der Waals surface area (Å²) in [5.41, 5.74) is -0.556. The Bertz CT molecular complexity index is 271. The van der Waals surface area contributed by atoms with Gasteiger partial charge in [-0.05, 0) is 22.5 Å². The summed E-state index contributed by atoms with van der Waals surface area (Å²) < 4.78 is 10.3. The maximum Gasteiger partial charge on any atom is 0.302 e. The van der Waals surface area contributed by atoms with Gasteiger partial charge in [0, 0.05) is 0 Å². The van der Waals surface area contributed by atoms with E-state index in [0.29, 0.717) is 0 Å². The minimum atomic E-state index is -3.72. The number of nitrogens with zero attached hydrogens (tertiary/aromatic N) is 1. The number of hydrogen-bond donors (Lipinski definition) is 0. The second-order valence-corrected chi connectivity index (χ2v) is 6.92. The van der Waals surface area contributed by atoms with E-state index < -0.39 is 15.8 Å². The van der Waals surface area contributed by atoms with E-state index >= 15 is 0 Å². The molecule has 8 heteroatoms. The van der Waals surface area contributed by atoms with Crippen molar-refractivity contribution in [1.29, 1.82) is 0 Å². The van der Waals surface area contributed by atoms with E-state index in [4.69, 9.17) is 45.7 Å². The second kappa shape index (κ2) is 4.51. The molecule has 0 aromatic rings. The largest absolute Gasteiger partial charge is 0.302 e.